The predicted octanol–water partition coefficient (Wildman–Crippen LogP) is 0.0538. The van der Waals surface area contributed by atoms with Gasteiger partial charge in [-0.2, -0.15) is 0 Å². The van der Waals surface area contributed by atoms with Crippen LogP contribution in [0.15, 0.2) is 0 Å². The predicted molar refractivity (Wildman–Crippen MR) is 57.4 cm³/mol. The highest BCUT2D eigenvalue weighted by molar-refractivity contribution is 5.78. The van der Waals surface area contributed by atoms with Crippen molar-refractivity contribution in [3.63, 3.8) is 0 Å². The molecule has 0 saturated heterocycles. The van der Waals surface area contributed by atoms with E-state index in [0.717, 1.165) is 6.42 Å². The Bertz CT molecular complexity index is 207. The van der Waals surface area contributed by atoms with Crippen molar-refractivity contribution in [3.8, 4) is 0 Å². The molecule has 0 rings (SSSR count). The zero-order valence-electron chi connectivity index (χ0n) is 9.63. The second kappa shape index (κ2) is 8.23. The number of hydrogen-bond donors (Lipinski definition) is 2. The minimum Gasteiger partial charge on any atom is -0.469 e. The fraction of sp³-hybridized carbons (Fsp3) is 0.800. The number of nitrogens with one attached hydrogen (secondary N) is 2. The zero-order valence-corrected chi connectivity index (χ0v) is 9.63. The van der Waals surface area contributed by atoms with Crippen LogP contribution in [0.4, 0.5) is 0 Å². The highest BCUT2D eigenvalue weighted by Crippen LogP contribution is 1.86. The topological polar surface area (TPSA) is 67.4 Å². The fourth-order valence-electron chi connectivity index (χ4n) is 0.880. The number of ether oxygens (including phenoxy) is 1. The third kappa shape index (κ3) is 7.93. The number of hydrogen-bond acceptors (Lipinski definition) is 4. The Labute approximate surface area is 90.6 Å². The van der Waals surface area contributed by atoms with E-state index in [0.29, 0.717) is 12.6 Å². The number of methoxy groups -OCH3 is 1. The van der Waals surface area contributed by atoms with Crippen LogP contribution in [0.5, 0.6) is 0 Å². The minimum absolute atomic E-state index is 0.0980. The van der Waals surface area contributed by atoms with Crippen LogP contribution in [0.3, 0.4) is 0 Å². The second-order valence-electron chi connectivity index (χ2n) is 3.37. The second-order valence-corrected chi connectivity index (χ2v) is 3.37. The van der Waals surface area contributed by atoms with Crippen molar-refractivity contribution in [1.82, 2.24) is 10.6 Å². The fourth-order valence-corrected chi connectivity index (χ4v) is 0.880. The van der Waals surface area contributed by atoms with Gasteiger partial charge in [0, 0.05) is 12.6 Å². The van der Waals surface area contributed by atoms with Gasteiger partial charge in [-0.1, -0.05) is 6.92 Å². The normalized spacial score (nSPS) is 11.9. The Kier molecular flexibility index (Phi) is 7.62. The lowest BCUT2D eigenvalue weighted by Gasteiger charge is -2.10. The summed E-state index contributed by atoms with van der Waals surface area (Å²) in [7, 11) is 1.33. The first-order chi connectivity index (χ1) is 7.10. The molecule has 0 bridgehead atoms. The summed E-state index contributed by atoms with van der Waals surface area (Å²) in [5.41, 5.74) is 0. The molecule has 2 N–H and O–H groups in total. The van der Waals surface area contributed by atoms with Gasteiger partial charge in [0.25, 0.3) is 0 Å². The van der Waals surface area contributed by atoms with E-state index in [1.54, 1.807) is 0 Å². The lowest BCUT2D eigenvalue weighted by Crippen LogP contribution is -2.38. The van der Waals surface area contributed by atoms with E-state index in [4.69, 9.17) is 0 Å². The summed E-state index contributed by atoms with van der Waals surface area (Å²) < 4.78 is 4.44. The molecule has 0 radical (unpaired) electrons. The van der Waals surface area contributed by atoms with Crippen molar-refractivity contribution in [2.45, 2.75) is 32.7 Å². The van der Waals surface area contributed by atoms with Crippen LogP contribution in [0.1, 0.15) is 26.7 Å². The first kappa shape index (κ1) is 13.9. The third-order valence-corrected chi connectivity index (χ3v) is 2.10. The van der Waals surface area contributed by atoms with E-state index in [9.17, 15) is 9.59 Å². The van der Waals surface area contributed by atoms with Crippen LogP contribution in [0, 0.1) is 0 Å². The average molecular weight is 216 g/mol. The van der Waals surface area contributed by atoms with Gasteiger partial charge < -0.3 is 15.4 Å². The smallest absolute Gasteiger partial charge is 0.307 e. The number of amides is 1. The van der Waals surface area contributed by atoms with Gasteiger partial charge in [0.2, 0.25) is 5.91 Å². The molecule has 0 spiro atoms. The third-order valence-electron chi connectivity index (χ3n) is 2.10. The van der Waals surface area contributed by atoms with E-state index in [1.165, 1.54) is 7.11 Å². The zero-order chi connectivity index (χ0) is 11.7. The molecule has 0 aliphatic carbocycles. The molecule has 0 aliphatic heterocycles. The lowest BCUT2D eigenvalue weighted by molar-refractivity contribution is -0.140. The summed E-state index contributed by atoms with van der Waals surface area (Å²) in [6, 6.07) is 0.330. The van der Waals surface area contributed by atoms with E-state index < -0.39 is 0 Å². The van der Waals surface area contributed by atoms with Gasteiger partial charge in [0.1, 0.15) is 0 Å². The number of rotatable bonds is 7. The summed E-state index contributed by atoms with van der Waals surface area (Å²) >= 11 is 0. The molecular formula is C10H20N2O3. The molecule has 88 valence electrons. The van der Waals surface area contributed by atoms with Crippen molar-refractivity contribution >= 4 is 11.9 Å². The Morgan fingerprint density at radius 3 is 2.60 bits per heavy atom. The summed E-state index contributed by atoms with van der Waals surface area (Å²) in [6.45, 7) is 4.68. The van der Waals surface area contributed by atoms with Crippen LogP contribution < -0.4 is 10.6 Å². The van der Waals surface area contributed by atoms with Gasteiger partial charge in [-0.25, -0.2) is 0 Å². The number of carbonyl (C=O) groups excluding carboxylic acids is 2. The van der Waals surface area contributed by atoms with Gasteiger partial charge in [-0.05, 0) is 13.3 Å². The Morgan fingerprint density at radius 2 is 2.07 bits per heavy atom. The molecule has 0 saturated carbocycles. The quantitative estimate of drug-likeness (QED) is 0.590. The highest BCUT2D eigenvalue weighted by atomic mass is 16.5. The van der Waals surface area contributed by atoms with Crippen molar-refractivity contribution in [1.29, 1.82) is 0 Å². The summed E-state index contributed by atoms with van der Waals surface area (Å²) in [6.07, 6.45) is 1.20. The number of esters is 1. The summed E-state index contributed by atoms with van der Waals surface area (Å²) in [5, 5.41) is 5.68. The molecule has 1 amide bonds. The van der Waals surface area contributed by atoms with Crippen LogP contribution in [0.25, 0.3) is 0 Å². The van der Waals surface area contributed by atoms with Gasteiger partial charge in [0.15, 0.2) is 0 Å². The lowest BCUT2D eigenvalue weighted by atomic mass is 10.2. The maximum absolute atomic E-state index is 11.2. The molecule has 0 heterocycles. The maximum atomic E-state index is 11.2. The van der Waals surface area contributed by atoms with Crippen molar-refractivity contribution < 1.29 is 14.3 Å². The van der Waals surface area contributed by atoms with E-state index in [2.05, 4.69) is 15.4 Å². The monoisotopic (exact) mass is 216 g/mol. The van der Waals surface area contributed by atoms with Gasteiger partial charge in [-0.15, -0.1) is 0 Å². The molecule has 0 aromatic heterocycles. The van der Waals surface area contributed by atoms with Gasteiger partial charge in [0.05, 0.1) is 20.1 Å². The first-order valence-electron chi connectivity index (χ1n) is 5.17. The average Bonchev–Trinajstić information content (AvgIpc) is 2.25. The molecule has 0 aromatic rings. The minimum atomic E-state index is -0.315. The Morgan fingerprint density at radius 1 is 1.40 bits per heavy atom. The summed E-state index contributed by atoms with van der Waals surface area (Å²) in [5.74, 6) is -0.413. The molecule has 1 unspecified atom stereocenters. The molecule has 5 nitrogen and oxygen atoms in total. The van der Waals surface area contributed by atoms with Gasteiger partial charge >= 0.3 is 5.97 Å². The van der Waals surface area contributed by atoms with Crippen molar-refractivity contribution in [2.24, 2.45) is 0 Å². The SMILES string of the molecule is CCC(C)NCC(=O)NCCC(=O)OC. The van der Waals surface area contributed by atoms with Crippen LogP contribution in [-0.2, 0) is 14.3 Å². The largest absolute Gasteiger partial charge is 0.469 e. The van der Waals surface area contributed by atoms with Crippen LogP contribution >= 0.6 is 0 Å². The van der Waals surface area contributed by atoms with E-state index in [1.807, 2.05) is 13.8 Å². The Balaban J connectivity index is 3.45. The van der Waals surface area contributed by atoms with Crippen molar-refractivity contribution in [2.75, 3.05) is 20.2 Å². The van der Waals surface area contributed by atoms with E-state index in [-0.39, 0.29) is 24.8 Å². The molecule has 0 aromatic carbocycles. The van der Waals surface area contributed by atoms with Gasteiger partial charge in [-0.3, -0.25) is 9.59 Å². The van der Waals surface area contributed by atoms with Crippen molar-refractivity contribution in [3.05, 3.63) is 0 Å². The number of carbonyl (C=O) groups is 2. The Hall–Kier alpha value is -1.10. The first-order valence-corrected chi connectivity index (χ1v) is 5.17. The standard InChI is InChI=1S/C10H20N2O3/c1-4-8(2)12-7-9(13)11-6-5-10(14)15-3/h8,12H,4-7H2,1-3H3,(H,11,13). The molecule has 15 heavy (non-hydrogen) atoms. The molecule has 0 aliphatic rings. The van der Waals surface area contributed by atoms with Crippen LogP contribution in [0.2, 0.25) is 0 Å². The van der Waals surface area contributed by atoms with Crippen LogP contribution in [-0.4, -0.2) is 38.1 Å². The molecule has 1 atom stereocenters. The molecule has 0 fully saturated rings. The molecular weight excluding hydrogens is 196 g/mol. The maximum Gasteiger partial charge on any atom is 0.307 e. The van der Waals surface area contributed by atoms with E-state index >= 15 is 0 Å². The highest BCUT2D eigenvalue weighted by Gasteiger charge is 2.04. The summed E-state index contributed by atoms with van der Waals surface area (Å²) in [4.78, 5) is 21.9. The molecule has 5 heteroatoms.